The van der Waals surface area contributed by atoms with Crippen LogP contribution in [0, 0.1) is 6.92 Å². The average molecular weight is 309 g/mol. The van der Waals surface area contributed by atoms with Gasteiger partial charge in [0.25, 0.3) is 5.91 Å². The summed E-state index contributed by atoms with van der Waals surface area (Å²) < 4.78 is 11.6. The first kappa shape index (κ1) is 14.1. The highest BCUT2D eigenvalue weighted by Gasteiger charge is 2.33. The lowest BCUT2D eigenvalue weighted by atomic mass is 9.99. The van der Waals surface area contributed by atoms with Gasteiger partial charge in [-0.1, -0.05) is 29.8 Å². The van der Waals surface area contributed by atoms with E-state index in [1.165, 1.54) is 11.1 Å². The molecule has 0 aliphatic carbocycles. The van der Waals surface area contributed by atoms with Gasteiger partial charge in [-0.2, -0.15) is 0 Å². The van der Waals surface area contributed by atoms with Crippen LogP contribution in [0.2, 0.25) is 0 Å². The van der Waals surface area contributed by atoms with Crippen LogP contribution in [-0.4, -0.2) is 25.2 Å². The fourth-order valence-corrected chi connectivity index (χ4v) is 3.27. The van der Waals surface area contributed by atoms with Gasteiger partial charge in [-0.05, 0) is 43.5 Å². The summed E-state index contributed by atoms with van der Waals surface area (Å²) in [4.78, 5) is 14.8. The van der Waals surface area contributed by atoms with E-state index < -0.39 is 6.10 Å². The standard InChI is InChI=1S/C19H19NO3/c1-13-8-9-15-14(11-13)5-4-10-20(15)19(21)18-12-22-16-6-2-3-7-17(16)23-18/h2-3,6-9,11,18H,4-5,10,12H2,1H3/t18-/m0/s1. The number of fused-ring (bicyclic) bond motifs is 2. The highest BCUT2D eigenvalue weighted by Crippen LogP contribution is 2.33. The highest BCUT2D eigenvalue weighted by atomic mass is 16.6. The number of hydrogen-bond acceptors (Lipinski definition) is 3. The van der Waals surface area contributed by atoms with Gasteiger partial charge in [0.15, 0.2) is 11.5 Å². The van der Waals surface area contributed by atoms with Gasteiger partial charge in [0, 0.05) is 12.2 Å². The Morgan fingerprint density at radius 3 is 2.87 bits per heavy atom. The van der Waals surface area contributed by atoms with E-state index in [-0.39, 0.29) is 12.5 Å². The first-order valence-corrected chi connectivity index (χ1v) is 8.02. The number of hydrogen-bond donors (Lipinski definition) is 0. The topological polar surface area (TPSA) is 38.8 Å². The van der Waals surface area contributed by atoms with Crippen LogP contribution in [0.25, 0.3) is 0 Å². The molecule has 4 nitrogen and oxygen atoms in total. The Bertz CT molecular complexity index is 756. The Morgan fingerprint density at radius 1 is 1.17 bits per heavy atom. The van der Waals surface area contributed by atoms with Crippen molar-refractivity contribution in [1.82, 2.24) is 0 Å². The molecule has 4 heteroatoms. The molecule has 0 aromatic heterocycles. The zero-order valence-corrected chi connectivity index (χ0v) is 13.1. The predicted octanol–water partition coefficient (Wildman–Crippen LogP) is 3.11. The smallest absolute Gasteiger partial charge is 0.271 e. The van der Waals surface area contributed by atoms with Crippen molar-refractivity contribution in [3.05, 3.63) is 53.6 Å². The van der Waals surface area contributed by atoms with E-state index in [2.05, 4.69) is 19.1 Å². The molecule has 2 aromatic rings. The van der Waals surface area contributed by atoms with Crippen LogP contribution >= 0.6 is 0 Å². The van der Waals surface area contributed by atoms with Crippen LogP contribution in [-0.2, 0) is 11.2 Å². The maximum atomic E-state index is 12.9. The molecular formula is C19H19NO3. The van der Waals surface area contributed by atoms with Crippen molar-refractivity contribution >= 4 is 11.6 Å². The molecule has 0 N–H and O–H groups in total. The summed E-state index contributed by atoms with van der Waals surface area (Å²) in [5.74, 6) is 1.31. The third-order valence-electron chi connectivity index (χ3n) is 4.40. The van der Waals surface area contributed by atoms with Gasteiger partial charge >= 0.3 is 0 Å². The molecule has 4 rings (SSSR count). The largest absolute Gasteiger partial charge is 0.485 e. The third-order valence-corrected chi connectivity index (χ3v) is 4.40. The number of carbonyl (C=O) groups is 1. The van der Waals surface area contributed by atoms with Crippen molar-refractivity contribution in [1.29, 1.82) is 0 Å². The van der Waals surface area contributed by atoms with Crippen LogP contribution in [0.15, 0.2) is 42.5 Å². The fourth-order valence-electron chi connectivity index (χ4n) is 3.27. The molecule has 0 saturated heterocycles. The molecule has 2 aliphatic rings. The highest BCUT2D eigenvalue weighted by molar-refractivity contribution is 5.98. The number of para-hydroxylation sites is 2. The lowest BCUT2D eigenvalue weighted by molar-refractivity contribution is -0.127. The summed E-state index contributed by atoms with van der Waals surface area (Å²) in [5.41, 5.74) is 3.47. The molecule has 2 aliphatic heterocycles. The van der Waals surface area contributed by atoms with Crippen molar-refractivity contribution in [3.63, 3.8) is 0 Å². The second-order valence-electron chi connectivity index (χ2n) is 6.09. The number of anilines is 1. The van der Waals surface area contributed by atoms with E-state index in [4.69, 9.17) is 9.47 Å². The SMILES string of the molecule is Cc1ccc2c(c1)CCCN2C(=O)[C@@H]1COc2ccccc2O1. The van der Waals surface area contributed by atoms with Gasteiger partial charge < -0.3 is 14.4 Å². The van der Waals surface area contributed by atoms with E-state index in [9.17, 15) is 4.79 Å². The van der Waals surface area contributed by atoms with Crippen LogP contribution in [0.5, 0.6) is 11.5 Å². The van der Waals surface area contributed by atoms with Gasteiger partial charge in [0.05, 0.1) is 0 Å². The van der Waals surface area contributed by atoms with Crippen molar-refractivity contribution in [2.45, 2.75) is 25.9 Å². The Balaban J connectivity index is 1.59. The van der Waals surface area contributed by atoms with E-state index in [0.717, 1.165) is 25.1 Å². The van der Waals surface area contributed by atoms with Gasteiger partial charge in [0.2, 0.25) is 6.10 Å². The molecule has 1 atom stereocenters. The van der Waals surface area contributed by atoms with E-state index in [0.29, 0.717) is 11.5 Å². The minimum absolute atomic E-state index is 0.0238. The molecule has 2 heterocycles. The molecule has 0 spiro atoms. The van der Waals surface area contributed by atoms with Gasteiger partial charge in [-0.25, -0.2) is 0 Å². The number of ether oxygens (including phenoxy) is 2. The molecule has 2 aromatic carbocycles. The van der Waals surface area contributed by atoms with Crippen molar-refractivity contribution in [2.24, 2.45) is 0 Å². The molecule has 118 valence electrons. The van der Waals surface area contributed by atoms with E-state index >= 15 is 0 Å². The lowest BCUT2D eigenvalue weighted by Gasteiger charge is -2.34. The molecule has 0 saturated carbocycles. The second-order valence-corrected chi connectivity index (χ2v) is 6.09. The summed E-state index contributed by atoms with van der Waals surface area (Å²) in [6.07, 6.45) is 1.41. The molecule has 23 heavy (non-hydrogen) atoms. The Kier molecular flexibility index (Phi) is 3.45. The quantitative estimate of drug-likeness (QED) is 0.812. The maximum absolute atomic E-state index is 12.9. The Labute approximate surface area is 135 Å². The van der Waals surface area contributed by atoms with Crippen LogP contribution in [0.3, 0.4) is 0 Å². The monoisotopic (exact) mass is 309 g/mol. The average Bonchev–Trinajstić information content (AvgIpc) is 2.60. The molecule has 0 fully saturated rings. The molecule has 0 unspecified atom stereocenters. The van der Waals surface area contributed by atoms with Crippen LogP contribution in [0.1, 0.15) is 17.5 Å². The Morgan fingerprint density at radius 2 is 2.00 bits per heavy atom. The summed E-state index contributed by atoms with van der Waals surface area (Å²) in [6.45, 7) is 3.07. The van der Waals surface area contributed by atoms with Crippen LogP contribution in [0.4, 0.5) is 5.69 Å². The first-order valence-electron chi connectivity index (χ1n) is 8.02. The number of nitrogens with zero attached hydrogens (tertiary/aromatic N) is 1. The van der Waals surface area contributed by atoms with Gasteiger partial charge in [-0.3, -0.25) is 4.79 Å². The normalized spacial score (nSPS) is 19.2. The number of amides is 1. The molecule has 1 amide bonds. The number of benzene rings is 2. The molecular weight excluding hydrogens is 290 g/mol. The summed E-state index contributed by atoms with van der Waals surface area (Å²) >= 11 is 0. The van der Waals surface area contributed by atoms with Crippen molar-refractivity contribution in [3.8, 4) is 11.5 Å². The van der Waals surface area contributed by atoms with E-state index in [1.807, 2.05) is 35.2 Å². The lowest BCUT2D eigenvalue weighted by Crippen LogP contribution is -2.48. The second kappa shape index (κ2) is 5.61. The minimum atomic E-state index is -0.586. The summed E-state index contributed by atoms with van der Waals surface area (Å²) in [6, 6.07) is 13.7. The Hall–Kier alpha value is -2.49. The number of rotatable bonds is 1. The number of aryl methyl sites for hydroxylation is 2. The predicted molar refractivity (Wildman–Crippen MR) is 88.2 cm³/mol. The minimum Gasteiger partial charge on any atom is -0.485 e. The fraction of sp³-hybridized carbons (Fsp3) is 0.316. The van der Waals surface area contributed by atoms with Gasteiger partial charge in [0.1, 0.15) is 6.61 Å². The number of carbonyl (C=O) groups excluding carboxylic acids is 1. The maximum Gasteiger partial charge on any atom is 0.271 e. The van der Waals surface area contributed by atoms with Crippen molar-refractivity contribution < 1.29 is 14.3 Å². The van der Waals surface area contributed by atoms with Gasteiger partial charge in [-0.15, -0.1) is 0 Å². The molecule has 0 radical (unpaired) electrons. The van der Waals surface area contributed by atoms with Crippen LogP contribution < -0.4 is 14.4 Å². The van der Waals surface area contributed by atoms with Crippen molar-refractivity contribution in [2.75, 3.05) is 18.1 Å². The van der Waals surface area contributed by atoms with E-state index in [1.54, 1.807) is 0 Å². The third kappa shape index (κ3) is 2.54. The first-order chi connectivity index (χ1) is 11.2. The zero-order valence-electron chi connectivity index (χ0n) is 13.1. The summed E-state index contributed by atoms with van der Waals surface area (Å²) in [5, 5.41) is 0. The summed E-state index contributed by atoms with van der Waals surface area (Å²) in [7, 11) is 0. The molecule has 0 bridgehead atoms. The zero-order chi connectivity index (χ0) is 15.8.